The van der Waals surface area contributed by atoms with Crippen LogP contribution in [0.5, 0.6) is 0 Å². The molecule has 0 bridgehead atoms. The van der Waals surface area contributed by atoms with Crippen molar-refractivity contribution < 1.29 is 14.0 Å². The number of aryl methyl sites for hydroxylation is 2. The molecule has 0 N–H and O–H groups in total. The monoisotopic (exact) mass is 248 g/mol. The highest BCUT2D eigenvalue weighted by Gasteiger charge is 2.24. The van der Waals surface area contributed by atoms with E-state index in [2.05, 4.69) is 0 Å². The van der Waals surface area contributed by atoms with E-state index >= 15 is 0 Å². The van der Waals surface area contributed by atoms with E-state index in [1.54, 1.807) is 13.0 Å². The molecular weight excluding hydrogens is 228 g/mol. The number of hydrogen-bond acceptors (Lipinski definition) is 3. The molecule has 18 heavy (non-hydrogen) atoms. The Labute approximate surface area is 108 Å². The molecule has 1 aromatic rings. The molecule has 0 unspecified atom stereocenters. The Morgan fingerprint density at radius 3 is 2.44 bits per heavy atom. The van der Waals surface area contributed by atoms with E-state index in [0.29, 0.717) is 11.3 Å². The zero-order valence-corrected chi connectivity index (χ0v) is 11.1. The smallest absolute Gasteiger partial charge is 0.173 e. The minimum Gasteiger partial charge on any atom is -0.466 e. The van der Waals surface area contributed by atoms with Gasteiger partial charge in [-0.2, -0.15) is 0 Å². The average Bonchev–Trinajstić information content (AvgIpc) is 2.69. The number of furan rings is 1. The van der Waals surface area contributed by atoms with E-state index in [4.69, 9.17) is 4.42 Å². The molecule has 1 aromatic heterocycles. The van der Waals surface area contributed by atoms with Gasteiger partial charge in [0.15, 0.2) is 5.78 Å². The molecule has 2 rings (SSSR count). The first-order chi connectivity index (χ1) is 8.58. The van der Waals surface area contributed by atoms with Gasteiger partial charge < -0.3 is 4.42 Å². The zero-order valence-electron chi connectivity index (χ0n) is 11.1. The van der Waals surface area contributed by atoms with Crippen LogP contribution in [0.25, 0.3) is 0 Å². The van der Waals surface area contributed by atoms with Gasteiger partial charge in [0.2, 0.25) is 0 Å². The summed E-state index contributed by atoms with van der Waals surface area (Å²) < 4.78 is 5.33. The number of ketones is 2. The molecule has 0 amide bonds. The molecule has 1 aliphatic carbocycles. The SMILES string of the molecule is Cc1cc(C(=O)CC(=O)C2CCCCC2)c(C)o1. The molecule has 0 saturated heterocycles. The van der Waals surface area contributed by atoms with Gasteiger partial charge in [0.25, 0.3) is 0 Å². The molecule has 0 atom stereocenters. The fourth-order valence-corrected chi connectivity index (χ4v) is 2.73. The van der Waals surface area contributed by atoms with Crippen LogP contribution in [0.1, 0.15) is 60.4 Å². The molecule has 1 aliphatic rings. The van der Waals surface area contributed by atoms with Gasteiger partial charge in [0, 0.05) is 5.92 Å². The first-order valence-electron chi connectivity index (χ1n) is 6.71. The summed E-state index contributed by atoms with van der Waals surface area (Å²) in [7, 11) is 0. The van der Waals surface area contributed by atoms with Crippen molar-refractivity contribution in [1.82, 2.24) is 0 Å². The number of Topliss-reactive ketones (excluding diaryl/α,β-unsaturated/α-hetero) is 2. The van der Waals surface area contributed by atoms with Crippen LogP contribution in [0.2, 0.25) is 0 Å². The predicted molar refractivity (Wildman–Crippen MR) is 68.7 cm³/mol. The summed E-state index contributed by atoms with van der Waals surface area (Å²) in [6.45, 7) is 3.58. The maximum absolute atomic E-state index is 12.1. The molecule has 3 heteroatoms. The first-order valence-corrected chi connectivity index (χ1v) is 6.71. The van der Waals surface area contributed by atoms with E-state index in [9.17, 15) is 9.59 Å². The lowest BCUT2D eigenvalue weighted by molar-refractivity contribution is -0.122. The lowest BCUT2D eigenvalue weighted by Gasteiger charge is -2.19. The van der Waals surface area contributed by atoms with E-state index in [1.807, 2.05) is 6.92 Å². The van der Waals surface area contributed by atoms with Crippen LogP contribution >= 0.6 is 0 Å². The van der Waals surface area contributed by atoms with Crippen molar-refractivity contribution in [3.05, 3.63) is 23.2 Å². The third kappa shape index (κ3) is 2.89. The Morgan fingerprint density at radius 1 is 1.22 bits per heavy atom. The normalized spacial score (nSPS) is 16.8. The molecule has 1 fully saturated rings. The largest absolute Gasteiger partial charge is 0.466 e. The lowest BCUT2D eigenvalue weighted by Crippen LogP contribution is -2.20. The average molecular weight is 248 g/mol. The molecule has 1 saturated carbocycles. The van der Waals surface area contributed by atoms with E-state index in [-0.39, 0.29) is 23.9 Å². The maximum atomic E-state index is 12.1. The number of hydrogen-bond donors (Lipinski definition) is 0. The fraction of sp³-hybridized carbons (Fsp3) is 0.600. The second-order valence-corrected chi connectivity index (χ2v) is 5.23. The van der Waals surface area contributed by atoms with E-state index < -0.39 is 0 Å². The fourth-order valence-electron chi connectivity index (χ4n) is 2.73. The molecule has 1 heterocycles. The molecule has 0 radical (unpaired) electrons. The van der Waals surface area contributed by atoms with Gasteiger partial charge in [-0.15, -0.1) is 0 Å². The van der Waals surface area contributed by atoms with Crippen LogP contribution in [-0.4, -0.2) is 11.6 Å². The van der Waals surface area contributed by atoms with Crippen molar-refractivity contribution >= 4 is 11.6 Å². The molecule has 98 valence electrons. The minimum atomic E-state index is -0.0973. The summed E-state index contributed by atoms with van der Waals surface area (Å²) >= 11 is 0. The van der Waals surface area contributed by atoms with Crippen molar-refractivity contribution in [2.75, 3.05) is 0 Å². The third-order valence-corrected chi connectivity index (χ3v) is 3.74. The third-order valence-electron chi connectivity index (χ3n) is 3.74. The highest BCUT2D eigenvalue weighted by atomic mass is 16.3. The maximum Gasteiger partial charge on any atom is 0.173 e. The minimum absolute atomic E-state index is 0.0322. The highest BCUT2D eigenvalue weighted by molar-refractivity contribution is 6.09. The summed E-state index contributed by atoms with van der Waals surface area (Å²) in [5.41, 5.74) is 0.566. The van der Waals surface area contributed by atoms with E-state index in [0.717, 1.165) is 31.4 Å². The van der Waals surface area contributed by atoms with Crippen LogP contribution in [0.15, 0.2) is 10.5 Å². The summed E-state index contributed by atoms with van der Waals surface area (Å²) in [6.07, 6.45) is 5.40. The van der Waals surface area contributed by atoms with Gasteiger partial charge in [0.1, 0.15) is 17.3 Å². The number of rotatable bonds is 4. The predicted octanol–water partition coefficient (Wildman–Crippen LogP) is 3.62. The van der Waals surface area contributed by atoms with Crippen molar-refractivity contribution in [1.29, 1.82) is 0 Å². The topological polar surface area (TPSA) is 47.3 Å². The molecule has 0 aliphatic heterocycles. The molecular formula is C15H20O3. The lowest BCUT2D eigenvalue weighted by atomic mass is 9.84. The van der Waals surface area contributed by atoms with Crippen LogP contribution in [0, 0.1) is 19.8 Å². The second kappa shape index (κ2) is 5.51. The van der Waals surface area contributed by atoms with Crippen molar-refractivity contribution in [2.24, 2.45) is 5.92 Å². The van der Waals surface area contributed by atoms with Crippen molar-refractivity contribution in [2.45, 2.75) is 52.4 Å². The van der Waals surface area contributed by atoms with Crippen LogP contribution in [-0.2, 0) is 4.79 Å². The van der Waals surface area contributed by atoms with Crippen molar-refractivity contribution in [3.8, 4) is 0 Å². The van der Waals surface area contributed by atoms with Gasteiger partial charge in [-0.1, -0.05) is 19.3 Å². The second-order valence-electron chi connectivity index (χ2n) is 5.23. The standard InChI is InChI=1S/C15H20O3/c1-10-8-13(11(2)18-10)15(17)9-14(16)12-6-4-3-5-7-12/h8,12H,3-7,9H2,1-2H3. The van der Waals surface area contributed by atoms with Gasteiger partial charge in [-0.25, -0.2) is 0 Å². The van der Waals surface area contributed by atoms with Gasteiger partial charge >= 0.3 is 0 Å². The quantitative estimate of drug-likeness (QED) is 0.604. The molecule has 0 spiro atoms. The van der Waals surface area contributed by atoms with Crippen LogP contribution < -0.4 is 0 Å². The van der Waals surface area contributed by atoms with E-state index in [1.165, 1.54) is 6.42 Å². The molecule has 0 aromatic carbocycles. The Bertz CT molecular complexity index is 450. The summed E-state index contributed by atoms with van der Waals surface area (Å²) in [4.78, 5) is 24.1. The number of carbonyl (C=O) groups excluding carboxylic acids is 2. The summed E-state index contributed by atoms with van der Waals surface area (Å²) in [5, 5.41) is 0. The zero-order chi connectivity index (χ0) is 13.1. The molecule has 3 nitrogen and oxygen atoms in total. The Hall–Kier alpha value is -1.38. The Balaban J connectivity index is 1.98. The first kappa shape index (κ1) is 13.1. The number of carbonyl (C=O) groups is 2. The van der Waals surface area contributed by atoms with Gasteiger partial charge in [-0.3, -0.25) is 9.59 Å². The Morgan fingerprint density at radius 2 is 1.89 bits per heavy atom. The summed E-state index contributed by atoms with van der Waals surface area (Å²) in [6, 6.07) is 1.73. The van der Waals surface area contributed by atoms with Crippen LogP contribution in [0.3, 0.4) is 0 Å². The summed E-state index contributed by atoms with van der Waals surface area (Å²) in [5.74, 6) is 1.46. The highest BCUT2D eigenvalue weighted by Crippen LogP contribution is 2.26. The van der Waals surface area contributed by atoms with Crippen LogP contribution in [0.4, 0.5) is 0 Å². The van der Waals surface area contributed by atoms with Crippen molar-refractivity contribution in [3.63, 3.8) is 0 Å². The van der Waals surface area contributed by atoms with Gasteiger partial charge in [-0.05, 0) is 32.8 Å². The Kier molecular flexibility index (Phi) is 4.00. The van der Waals surface area contributed by atoms with Gasteiger partial charge in [0.05, 0.1) is 12.0 Å².